The van der Waals surface area contributed by atoms with E-state index in [0.717, 1.165) is 0 Å². The molecule has 2 rings (SSSR count). The molecule has 0 bridgehead atoms. The molecule has 2 aromatic rings. The van der Waals surface area contributed by atoms with Crippen molar-refractivity contribution in [3.63, 3.8) is 0 Å². The highest BCUT2D eigenvalue weighted by molar-refractivity contribution is 6.04. The molecule has 0 unspecified atom stereocenters. The standard InChI is InChI=1S/C22H25NO7/c1-6-29-22(27)19-12(2)20(23-13(19)3)21(26)14(4)30-18(25)10-8-15-7-9-16(24)17(11-15)28-5/h7-11,14,23-24H,6H2,1-5H3/b10-8+/t14-/m1/s1. The summed E-state index contributed by atoms with van der Waals surface area (Å²) in [6.45, 7) is 6.68. The van der Waals surface area contributed by atoms with Crippen LogP contribution in [0.4, 0.5) is 0 Å². The molecule has 30 heavy (non-hydrogen) atoms. The fourth-order valence-electron chi connectivity index (χ4n) is 2.94. The maximum Gasteiger partial charge on any atom is 0.340 e. The van der Waals surface area contributed by atoms with E-state index >= 15 is 0 Å². The highest BCUT2D eigenvalue weighted by Gasteiger charge is 2.27. The van der Waals surface area contributed by atoms with Gasteiger partial charge in [-0.15, -0.1) is 0 Å². The Hall–Kier alpha value is -3.55. The number of nitrogens with one attached hydrogen (secondary N) is 1. The van der Waals surface area contributed by atoms with Gasteiger partial charge in [0.15, 0.2) is 17.6 Å². The summed E-state index contributed by atoms with van der Waals surface area (Å²) >= 11 is 0. The number of aromatic hydroxyl groups is 1. The molecule has 160 valence electrons. The molecule has 0 spiro atoms. The number of phenols is 1. The molecule has 0 aliphatic heterocycles. The quantitative estimate of drug-likeness (QED) is 0.386. The van der Waals surface area contributed by atoms with E-state index in [1.165, 1.54) is 32.3 Å². The Labute approximate surface area is 174 Å². The molecule has 0 aliphatic rings. The second-order valence-electron chi connectivity index (χ2n) is 6.55. The fraction of sp³-hybridized carbons (Fsp3) is 0.318. The Balaban J connectivity index is 2.09. The Morgan fingerprint density at radius 2 is 1.93 bits per heavy atom. The first-order chi connectivity index (χ1) is 14.2. The number of aromatic nitrogens is 1. The lowest BCUT2D eigenvalue weighted by Crippen LogP contribution is -2.24. The van der Waals surface area contributed by atoms with Gasteiger partial charge in [0.25, 0.3) is 0 Å². The number of carbonyl (C=O) groups is 3. The number of ether oxygens (including phenoxy) is 3. The van der Waals surface area contributed by atoms with Gasteiger partial charge in [-0.2, -0.15) is 0 Å². The number of phenolic OH excluding ortho intramolecular Hbond substituents is 1. The summed E-state index contributed by atoms with van der Waals surface area (Å²) in [7, 11) is 1.42. The third-order valence-corrected chi connectivity index (χ3v) is 4.44. The van der Waals surface area contributed by atoms with E-state index in [4.69, 9.17) is 14.2 Å². The topological polar surface area (TPSA) is 115 Å². The zero-order chi connectivity index (χ0) is 22.4. The summed E-state index contributed by atoms with van der Waals surface area (Å²) in [5.41, 5.74) is 2.07. The van der Waals surface area contributed by atoms with E-state index in [1.807, 2.05) is 0 Å². The first-order valence-electron chi connectivity index (χ1n) is 9.35. The predicted octanol–water partition coefficient (Wildman–Crippen LogP) is 3.35. The van der Waals surface area contributed by atoms with Gasteiger partial charge in [0.1, 0.15) is 0 Å². The van der Waals surface area contributed by atoms with Gasteiger partial charge in [-0.1, -0.05) is 6.07 Å². The minimum absolute atomic E-state index is 0.0183. The van der Waals surface area contributed by atoms with E-state index in [1.54, 1.807) is 32.9 Å². The molecule has 1 aromatic heterocycles. The van der Waals surface area contributed by atoms with E-state index in [-0.39, 0.29) is 23.8 Å². The first kappa shape index (κ1) is 22.7. The minimum atomic E-state index is -1.07. The molecule has 0 amide bonds. The van der Waals surface area contributed by atoms with Gasteiger partial charge in [0.05, 0.1) is 25.0 Å². The third-order valence-electron chi connectivity index (χ3n) is 4.44. The molecule has 1 atom stereocenters. The Kier molecular flexibility index (Phi) is 7.41. The number of hydrogen-bond acceptors (Lipinski definition) is 7. The number of ketones is 1. The fourth-order valence-corrected chi connectivity index (χ4v) is 2.94. The lowest BCUT2D eigenvalue weighted by Gasteiger charge is -2.11. The van der Waals surface area contributed by atoms with Crippen molar-refractivity contribution < 1.29 is 33.7 Å². The molecule has 0 fully saturated rings. The average molecular weight is 415 g/mol. The van der Waals surface area contributed by atoms with Gasteiger partial charge < -0.3 is 24.3 Å². The molecular formula is C22H25NO7. The molecule has 1 heterocycles. The normalized spacial score (nSPS) is 11.9. The van der Waals surface area contributed by atoms with Crippen LogP contribution in [0.25, 0.3) is 6.08 Å². The largest absolute Gasteiger partial charge is 0.504 e. The number of methoxy groups -OCH3 is 1. The van der Waals surface area contributed by atoms with Crippen molar-refractivity contribution in [3.8, 4) is 11.5 Å². The summed E-state index contributed by atoms with van der Waals surface area (Å²) in [4.78, 5) is 39.8. The van der Waals surface area contributed by atoms with E-state index in [2.05, 4.69) is 4.98 Å². The van der Waals surface area contributed by atoms with Crippen molar-refractivity contribution in [2.75, 3.05) is 13.7 Å². The van der Waals surface area contributed by atoms with Crippen molar-refractivity contribution in [2.24, 2.45) is 0 Å². The monoisotopic (exact) mass is 415 g/mol. The number of aromatic amines is 1. The smallest absolute Gasteiger partial charge is 0.340 e. The molecule has 8 heteroatoms. The van der Waals surface area contributed by atoms with Crippen LogP contribution in [0, 0.1) is 13.8 Å². The van der Waals surface area contributed by atoms with Crippen LogP contribution >= 0.6 is 0 Å². The highest BCUT2D eigenvalue weighted by atomic mass is 16.5. The zero-order valence-corrected chi connectivity index (χ0v) is 17.6. The molecule has 0 radical (unpaired) electrons. The van der Waals surface area contributed by atoms with Gasteiger partial charge in [-0.3, -0.25) is 4.79 Å². The predicted molar refractivity (Wildman–Crippen MR) is 110 cm³/mol. The molecule has 0 aliphatic carbocycles. The summed E-state index contributed by atoms with van der Waals surface area (Å²) in [6.07, 6.45) is 1.58. The third kappa shape index (κ3) is 5.08. The van der Waals surface area contributed by atoms with Crippen LogP contribution in [0.3, 0.4) is 0 Å². The number of aryl methyl sites for hydroxylation is 1. The summed E-state index contributed by atoms with van der Waals surface area (Å²) in [5.74, 6) is -1.44. The lowest BCUT2D eigenvalue weighted by atomic mass is 10.1. The number of H-pyrrole nitrogens is 1. The second-order valence-corrected chi connectivity index (χ2v) is 6.55. The number of Topliss-reactive ketones (excluding diaryl/α,β-unsaturated/α-hetero) is 1. The Morgan fingerprint density at radius 3 is 2.57 bits per heavy atom. The van der Waals surface area contributed by atoms with Crippen LogP contribution in [-0.2, 0) is 14.3 Å². The van der Waals surface area contributed by atoms with E-state index in [0.29, 0.717) is 22.4 Å². The second kappa shape index (κ2) is 9.78. The summed E-state index contributed by atoms with van der Waals surface area (Å²) in [6, 6.07) is 4.58. The number of hydrogen-bond donors (Lipinski definition) is 2. The maximum absolute atomic E-state index is 12.7. The molecule has 0 saturated carbocycles. The van der Waals surface area contributed by atoms with Gasteiger partial charge in [-0.25, -0.2) is 9.59 Å². The summed E-state index contributed by atoms with van der Waals surface area (Å²) in [5, 5.41) is 9.60. The van der Waals surface area contributed by atoms with Gasteiger partial charge in [-0.05, 0) is 57.0 Å². The minimum Gasteiger partial charge on any atom is -0.504 e. The van der Waals surface area contributed by atoms with E-state index < -0.39 is 23.8 Å². The maximum atomic E-state index is 12.7. The van der Waals surface area contributed by atoms with Crippen LogP contribution in [0.5, 0.6) is 11.5 Å². The SMILES string of the molecule is CCOC(=O)c1c(C)[nH]c(C(=O)[C@@H](C)OC(=O)/C=C/c2ccc(O)c(OC)c2)c1C. The molecule has 8 nitrogen and oxygen atoms in total. The van der Waals surface area contributed by atoms with Crippen LogP contribution in [-0.4, -0.2) is 47.6 Å². The van der Waals surface area contributed by atoms with Crippen molar-refractivity contribution >= 4 is 23.8 Å². The number of benzene rings is 1. The number of rotatable bonds is 8. The van der Waals surface area contributed by atoms with Crippen molar-refractivity contribution in [2.45, 2.75) is 33.8 Å². The molecule has 0 saturated heterocycles. The van der Waals surface area contributed by atoms with Crippen LogP contribution in [0.2, 0.25) is 0 Å². The Morgan fingerprint density at radius 1 is 1.23 bits per heavy atom. The first-order valence-corrected chi connectivity index (χ1v) is 9.35. The van der Waals surface area contributed by atoms with Gasteiger partial charge in [0.2, 0.25) is 5.78 Å². The zero-order valence-electron chi connectivity index (χ0n) is 17.6. The van der Waals surface area contributed by atoms with Crippen LogP contribution < -0.4 is 4.74 Å². The van der Waals surface area contributed by atoms with E-state index in [9.17, 15) is 19.5 Å². The Bertz CT molecular complexity index is 988. The van der Waals surface area contributed by atoms with Crippen LogP contribution in [0.1, 0.15) is 51.5 Å². The summed E-state index contributed by atoms with van der Waals surface area (Å²) < 4.78 is 15.2. The number of carbonyl (C=O) groups excluding carboxylic acids is 3. The van der Waals surface area contributed by atoms with Gasteiger partial charge >= 0.3 is 11.9 Å². The van der Waals surface area contributed by atoms with Crippen molar-refractivity contribution in [3.05, 3.63) is 52.4 Å². The van der Waals surface area contributed by atoms with Gasteiger partial charge in [0, 0.05) is 11.8 Å². The lowest BCUT2D eigenvalue weighted by molar-refractivity contribution is -0.140. The molecule has 2 N–H and O–H groups in total. The average Bonchev–Trinajstić information content (AvgIpc) is 3.00. The van der Waals surface area contributed by atoms with Crippen molar-refractivity contribution in [1.29, 1.82) is 0 Å². The highest BCUT2D eigenvalue weighted by Crippen LogP contribution is 2.26. The molecule has 1 aromatic carbocycles. The number of esters is 2. The van der Waals surface area contributed by atoms with Crippen LogP contribution in [0.15, 0.2) is 24.3 Å². The molecular weight excluding hydrogens is 390 g/mol. The van der Waals surface area contributed by atoms with Crippen molar-refractivity contribution in [1.82, 2.24) is 4.98 Å².